The van der Waals surface area contributed by atoms with Crippen LogP contribution in [0.15, 0.2) is 54.6 Å². The highest BCUT2D eigenvalue weighted by Gasteiger charge is 2.29. The van der Waals surface area contributed by atoms with Gasteiger partial charge in [0, 0.05) is 44.0 Å². The molecule has 2 atom stereocenters. The van der Waals surface area contributed by atoms with Crippen LogP contribution >= 0.6 is 0 Å². The van der Waals surface area contributed by atoms with Gasteiger partial charge in [-0.05, 0) is 54.5 Å². The van der Waals surface area contributed by atoms with Crippen LogP contribution in [0, 0.1) is 11.8 Å². The zero-order valence-electron chi connectivity index (χ0n) is 17.3. The molecule has 28 heavy (non-hydrogen) atoms. The number of anilines is 2. The van der Waals surface area contributed by atoms with Crippen molar-refractivity contribution in [3.05, 3.63) is 60.2 Å². The highest BCUT2D eigenvalue weighted by molar-refractivity contribution is 5.88. The number of likely N-dealkylation sites (tertiary alicyclic amines) is 1. The summed E-state index contributed by atoms with van der Waals surface area (Å²) in [4.78, 5) is 13.7. The Hall–Kier alpha value is -2.33. The van der Waals surface area contributed by atoms with Crippen molar-refractivity contribution in [1.82, 2.24) is 4.90 Å². The summed E-state index contributed by atoms with van der Waals surface area (Å²) in [5.74, 6) is 1.31. The number of piperidine rings is 1. The molecule has 0 spiro atoms. The SMILES string of the molecule is CC(=O)Nc1ccc(CN2CC[C@@H](Nc3ccccc3)[C@@H](CC(C)C)C2)cc1. The van der Waals surface area contributed by atoms with Gasteiger partial charge in [0.15, 0.2) is 0 Å². The molecule has 2 aromatic rings. The molecule has 150 valence electrons. The molecule has 1 aliphatic rings. The Morgan fingerprint density at radius 1 is 1.07 bits per heavy atom. The second-order valence-electron chi connectivity index (χ2n) is 8.41. The number of hydrogen-bond donors (Lipinski definition) is 2. The van der Waals surface area contributed by atoms with E-state index in [4.69, 9.17) is 0 Å². The summed E-state index contributed by atoms with van der Waals surface area (Å²) < 4.78 is 0. The van der Waals surface area contributed by atoms with E-state index in [2.05, 4.69) is 71.8 Å². The second kappa shape index (κ2) is 9.74. The van der Waals surface area contributed by atoms with E-state index in [0.717, 1.165) is 31.7 Å². The van der Waals surface area contributed by atoms with Crippen molar-refractivity contribution in [1.29, 1.82) is 0 Å². The number of para-hydroxylation sites is 1. The molecule has 2 N–H and O–H groups in total. The van der Waals surface area contributed by atoms with E-state index in [1.165, 1.54) is 24.6 Å². The number of carbonyl (C=O) groups is 1. The van der Waals surface area contributed by atoms with Gasteiger partial charge in [0.25, 0.3) is 0 Å². The molecule has 0 aliphatic carbocycles. The van der Waals surface area contributed by atoms with Gasteiger partial charge in [0.05, 0.1) is 0 Å². The fraction of sp³-hybridized carbons (Fsp3) is 0.458. The Morgan fingerprint density at radius 2 is 1.79 bits per heavy atom. The Morgan fingerprint density at radius 3 is 2.43 bits per heavy atom. The minimum Gasteiger partial charge on any atom is -0.382 e. The van der Waals surface area contributed by atoms with Crippen molar-refractivity contribution in [2.24, 2.45) is 11.8 Å². The van der Waals surface area contributed by atoms with Crippen LogP contribution in [0.5, 0.6) is 0 Å². The molecule has 0 radical (unpaired) electrons. The number of rotatable bonds is 7. The highest BCUT2D eigenvalue weighted by Crippen LogP contribution is 2.28. The normalized spacial score (nSPS) is 20.1. The third kappa shape index (κ3) is 6.10. The van der Waals surface area contributed by atoms with E-state index in [1.54, 1.807) is 0 Å². The molecule has 0 bridgehead atoms. The molecule has 1 heterocycles. The van der Waals surface area contributed by atoms with Crippen LogP contribution in [0.2, 0.25) is 0 Å². The minimum absolute atomic E-state index is 0.0303. The Balaban J connectivity index is 1.61. The van der Waals surface area contributed by atoms with Crippen LogP contribution in [0.4, 0.5) is 11.4 Å². The maximum atomic E-state index is 11.2. The first-order valence-corrected chi connectivity index (χ1v) is 10.4. The first-order valence-electron chi connectivity index (χ1n) is 10.4. The topological polar surface area (TPSA) is 44.4 Å². The maximum Gasteiger partial charge on any atom is 0.221 e. The van der Waals surface area contributed by atoms with Gasteiger partial charge in [0.2, 0.25) is 5.91 Å². The molecular weight excluding hydrogens is 346 g/mol. The lowest BCUT2D eigenvalue weighted by molar-refractivity contribution is -0.114. The number of nitrogens with zero attached hydrogens (tertiary/aromatic N) is 1. The Labute approximate surface area is 169 Å². The molecule has 1 aliphatic heterocycles. The predicted molar refractivity (Wildman–Crippen MR) is 117 cm³/mol. The van der Waals surface area contributed by atoms with Gasteiger partial charge in [-0.2, -0.15) is 0 Å². The number of hydrogen-bond acceptors (Lipinski definition) is 3. The van der Waals surface area contributed by atoms with Gasteiger partial charge in [-0.25, -0.2) is 0 Å². The van der Waals surface area contributed by atoms with Crippen molar-refractivity contribution in [3.8, 4) is 0 Å². The van der Waals surface area contributed by atoms with Crippen LogP contribution in [-0.2, 0) is 11.3 Å². The average molecular weight is 380 g/mol. The van der Waals surface area contributed by atoms with Crippen LogP contribution in [-0.4, -0.2) is 29.9 Å². The summed E-state index contributed by atoms with van der Waals surface area (Å²) in [5, 5.41) is 6.61. The lowest BCUT2D eigenvalue weighted by Crippen LogP contribution is -2.46. The van der Waals surface area contributed by atoms with E-state index in [-0.39, 0.29) is 5.91 Å². The van der Waals surface area contributed by atoms with Gasteiger partial charge < -0.3 is 10.6 Å². The molecule has 4 nitrogen and oxygen atoms in total. The van der Waals surface area contributed by atoms with Crippen LogP contribution in [0.3, 0.4) is 0 Å². The van der Waals surface area contributed by atoms with Crippen molar-refractivity contribution in [2.75, 3.05) is 23.7 Å². The fourth-order valence-electron chi connectivity index (χ4n) is 4.19. The van der Waals surface area contributed by atoms with Gasteiger partial charge in [-0.1, -0.05) is 44.2 Å². The lowest BCUT2D eigenvalue weighted by Gasteiger charge is -2.40. The monoisotopic (exact) mass is 379 g/mol. The van der Waals surface area contributed by atoms with Crippen LogP contribution in [0.25, 0.3) is 0 Å². The quantitative estimate of drug-likeness (QED) is 0.712. The fourth-order valence-corrected chi connectivity index (χ4v) is 4.19. The first-order chi connectivity index (χ1) is 13.5. The smallest absolute Gasteiger partial charge is 0.221 e. The number of carbonyl (C=O) groups excluding carboxylic acids is 1. The molecule has 4 heteroatoms. The third-order valence-electron chi connectivity index (χ3n) is 5.40. The van der Waals surface area contributed by atoms with Gasteiger partial charge in [-0.15, -0.1) is 0 Å². The zero-order valence-corrected chi connectivity index (χ0v) is 17.3. The predicted octanol–water partition coefficient (Wildman–Crippen LogP) is 4.99. The lowest BCUT2D eigenvalue weighted by atomic mass is 9.85. The molecule has 3 rings (SSSR count). The van der Waals surface area contributed by atoms with Gasteiger partial charge >= 0.3 is 0 Å². The molecule has 0 unspecified atom stereocenters. The molecule has 1 amide bonds. The zero-order chi connectivity index (χ0) is 19.9. The molecule has 1 saturated heterocycles. The van der Waals surface area contributed by atoms with Gasteiger partial charge in [-0.3, -0.25) is 9.69 Å². The standard InChI is InChI=1S/C24H33N3O/c1-18(2)15-21-17-27(14-13-24(21)26-22-7-5-4-6-8-22)16-20-9-11-23(12-10-20)25-19(3)28/h4-12,18,21,24,26H,13-17H2,1-3H3,(H,25,28)/t21-,24+/m0/s1. The van der Waals surface area contributed by atoms with Crippen molar-refractivity contribution in [3.63, 3.8) is 0 Å². The maximum absolute atomic E-state index is 11.2. The molecule has 1 fully saturated rings. The Bertz CT molecular complexity index is 742. The summed E-state index contributed by atoms with van der Waals surface area (Å²) in [6.07, 6.45) is 2.40. The van der Waals surface area contributed by atoms with Crippen LogP contribution < -0.4 is 10.6 Å². The summed E-state index contributed by atoms with van der Waals surface area (Å²) in [7, 11) is 0. The van der Waals surface area contributed by atoms with Crippen molar-refractivity contribution in [2.45, 2.75) is 46.2 Å². The summed E-state index contributed by atoms with van der Waals surface area (Å²) in [6, 6.07) is 19.3. The van der Waals surface area contributed by atoms with Crippen molar-refractivity contribution >= 4 is 17.3 Å². The van der Waals surface area contributed by atoms with E-state index in [0.29, 0.717) is 17.9 Å². The van der Waals surface area contributed by atoms with E-state index in [1.807, 2.05) is 12.1 Å². The molecule has 2 aromatic carbocycles. The largest absolute Gasteiger partial charge is 0.382 e. The van der Waals surface area contributed by atoms with E-state index in [9.17, 15) is 4.79 Å². The summed E-state index contributed by atoms with van der Waals surface area (Å²) in [5.41, 5.74) is 3.38. The molecule has 0 aromatic heterocycles. The first kappa shape index (κ1) is 20.4. The number of benzene rings is 2. The highest BCUT2D eigenvalue weighted by atomic mass is 16.1. The number of amides is 1. The van der Waals surface area contributed by atoms with Crippen LogP contribution in [0.1, 0.15) is 39.2 Å². The summed E-state index contributed by atoms with van der Waals surface area (Å²) >= 11 is 0. The Kier molecular flexibility index (Phi) is 7.10. The third-order valence-corrected chi connectivity index (χ3v) is 5.40. The van der Waals surface area contributed by atoms with E-state index >= 15 is 0 Å². The van der Waals surface area contributed by atoms with Gasteiger partial charge in [0.1, 0.15) is 0 Å². The molecular formula is C24H33N3O. The minimum atomic E-state index is -0.0303. The average Bonchev–Trinajstić information content (AvgIpc) is 2.65. The summed E-state index contributed by atoms with van der Waals surface area (Å²) in [6.45, 7) is 9.37. The second-order valence-corrected chi connectivity index (χ2v) is 8.41. The van der Waals surface area contributed by atoms with Crippen molar-refractivity contribution < 1.29 is 4.79 Å². The molecule has 0 saturated carbocycles. The number of nitrogens with one attached hydrogen (secondary N) is 2. The van der Waals surface area contributed by atoms with E-state index < -0.39 is 0 Å².